The molecule has 306 valence electrons. The molecule has 3 nitrogen and oxygen atoms in total. The van der Waals surface area contributed by atoms with Crippen LogP contribution in [0, 0.1) is 0 Å². The van der Waals surface area contributed by atoms with Gasteiger partial charge in [-0.1, -0.05) is 164 Å². The highest BCUT2D eigenvalue weighted by atomic mass is 14.6. The van der Waals surface area contributed by atoms with E-state index in [9.17, 15) is 0 Å². The minimum atomic E-state index is 1.12. The SMILES string of the molecule is c1ccc(/C(=C2/c3ccccc3-c3c2c2c(c4c3/C(=C(\c3ccccc3)c3ccncc3)c3ccccc3-4)/C(=C(\c3ccccc3)c3ccncc3)c3ccccc3-2)c2ccncc2)cc1. The molecule has 0 saturated carbocycles. The topological polar surface area (TPSA) is 38.7 Å². The third-order valence-electron chi connectivity index (χ3n) is 13.5. The standard InChI is InChI=1S/C63H39N3/c1-4-16-40(17-5-1)52(43-28-34-64-35-29-43)55-46-22-10-13-25-49(46)58-61(55)59-50-26-14-11-23-47(50)56(53(41-18-6-2-7-19-41)44-30-36-65-37-31-44)63(59)60-51-27-15-12-24-48(51)57(62(58)60)54(42-20-8-3-9-21-42)45-32-38-66-39-33-45/h1-39H/b55-52+,56-53+,57-54+. The van der Waals surface area contributed by atoms with Gasteiger partial charge in [-0.2, -0.15) is 0 Å². The number of nitrogens with zero attached hydrogens (tertiary/aromatic N) is 3. The van der Waals surface area contributed by atoms with Gasteiger partial charge in [0.15, 0.2) is 0 Å². The molecule has 66 heavy (non-hydrogen) atoms. The van der Waals surface area contributed by atoms with Crippen molar-refractivity contribution in [3.05, 3.63) is 304 Å². The molecule has 0 unspecified atom stereocenters. The van der Waals surface area contributed by atoms with Crippen LogP contribution in [0.1, 0.15) is 66.8 Å². The Balaban J connectivity index is 1.33. The summed E-state index contributed by atoms with van der Waals surface area (Å²) in [7, 11) is 0. The van der Waals surface area contributed by atoms with Gasteiger partial charge in [-0.15, -0.1) is 0 Å². The lowest BCUT2D eigenvalue weighted by Gasteiger charge is -2.23. The van der Waals surface area contributed by atoms with E-state index in [0.717, 1.165) is 33.4 Å². The van der Waals surface area contributed by atoms with Crippen molar-refractivity contribution in [3.8, 4) is 33.4 Å². The van der Waals surface area contributed by atoms with Crippen LogP contribution in [0.15, 0.2) is 237 Å². The zero-order valence-electron chi connectivity index (χ0n) is 35.9. The highest BCUT2D eigenvalue weighted by molar-refractivity contribution is 6.30. The van der Waals surface area contributed by atoms with Gasteiger partial charge in [0, 0.05) is 37.2 Å². The molecule has 3 aromatic heterocycles. The minimum absolute atomic E-state index is 1.12. The highest BCUT2D eigenvalue weighted by Gasteiger charge is 2.44. The van der Waals surface area contributed by atoms with Crippen molar-refractivity contribution in [2.45, 2.75) is 0 Å². The molecule has 0 radical (unpaired) electrons. The fraction of sp³-hybridized carbons (Fsp3) is 0. The Morgan fingerprint density at radius 3 is 0.667 bits per heavy atom. The van der Waals surface area contributed by atoms with E-state index in [-0.39, 0.29) is 0 Å². The summed E-state index contributed by atoms with van der Waals surface area (Å²) in [5, 5.41) is 0. The molecule has 3 heterocycles. The summed E-state index contributed by atoms with van der Waals surface area (Å²) in [5.41, 5.74) is 28.8. The number of aromatic nitrogens is 3. The molecule has 0 fully saturated rings. The quantitative estimate of drug-likeness (QED) is 0.167. The van der Waals surface area contributed by atoms with E-state index >= 15 is 0 Å². The fourth-order valence-electron chi connectivity index (χ4n) is 11.0. The first-order valence-corrected chi connectivity index (χ1v) is 22.5. The van der Waals surface area contributed by atoms with Gasteiger partial charge in [0.05, 0.1) is 0 Å². The van der Waals surface area contributed by atoms with Gasteiger partial charge in [-0.25, -0.2) is 0 Å². The zero-order valence-corrected chi connectivity index (χ0v) is 35.9. The predicted molar refractivity (Wildman–Crippen MR) is 270 cm³/mol. The molecule has 0 bridgehead atoms. The molecule has 13 rings (SSSR count). The normalized spacial score (nSPS) is 14.9. The Morgan fingerprint density at radius 1 is 0.197 bits per heavy atom. The Labute approximate surface area is 384 Å². The van der Waals surface area contributed by atoms with Crippen LogP contribution >= 0.6 is 0 Å². The largest absolute Gasteiger partial charge is 0.265 e. The van der Waals surface area contributed by atoms with E-state index in [1.54, 1.807) is 0 Å². The summed E-state index contributed by atoms with van der Waals surface area (Å²) in [5.74, 6) is 0. The highest BCUT2D eigenvalue weighted by Crippen LogP contribution is 2.66. The second-order valence-corrected chi connectivity index (χ2v) is 16.9. The summed E-state index contributed by atoms with van der Waals surface area (Å²) in [6.45, 7) is 0. The number of hydrogen-bond acceptors (Lipinski definition) is 3. The summed E-state index contributed by atoms with van der Waals surface area (Å²) in [6.07, 6.45) is 11.5. The van der Waals surface area contributed by atoms with Crippen LogP contribution in [0.25, 0.3) is 66.8 Å². The summed E-state index contributed by atoms with van der Waals surface area (Å²) in [6, 6.07) is 73.1. The Hall–Kier alpha value is -8.79. The number of pyridine rings is 3. The first-order chi connectivity index (χ1) is 32.8. The van der Waals surface area contributed by atoms with Crippen LogP contribution in [0.5, 0.6) is 0 Å². The predicted octanol–water partition coefficient (Wildman–Crippen LogP) is 14.8. The lowest BCUT2D eigenvalue weighted by atomic mass is 9.79. The average molecular weight is 838 g/mol. The maximum atomic E-state index is 4.52. The van der Waals surface area contributed by atoms with E-state index in [2.05, 4.69) is 215 Å². The zero-order chi connectivity index (χ0) is 43.6. The summed E-state index contributed by atoms with van der Waals surface area (Å²) >= 11 is 0. The van der Waals surface area contributed by atoms with Crippen LogP contribution in [-0.4, -0.2) is 15.0 Å². The van der Waals surface area contributed by atoms with Crippen molar-refractivity contribution in [2.24, 2.45) is 0 Å². The number of rotatable bonds is 6. The number of hydrogen-bond donors (Lipinski definition) is 0. The Morgan fingerprint density at radius 2 is 0.409 bits per heavy atom. The van der Waals surface area contributed by atoms with E-state index in [0.29, 0.717) is 0 Å². The Kier molecular flexibility index (Phi) is 8.85. The molecule has 0 spiro atoms. The van der Waals surface area contributed by atoms with E-state index in [4.69, 9.17) is 0 Å². The molecular formula is C63H39N3. The lowest BCUT2D eigenvalue weighted by molar-refractivity contribution is 1.31. The van der Waals surface area contributed by atoms with E-state index in [1.807, 2.05) is 37.2 Å². The second-order valence-electron chi connectivity index (χ2n) is 16.9. The van der Waals surface area contributed by atoms with Crippen LogP contribution in [0.4, 0.5) is 0 Å². The minimum Gasteiger partial charge on any atom is -0.265 e. The number of fused-ring (bicyclic) bond motifs is 12. The smallest absolute Gasteiger partial charge is 0.0273 e. The van der Waals surface area contributed by atoms with Crippen LogP contribution < -0.4 is 0 Å². The van der Waals surface area contributed by atoms with Gasteiger partial charge in [0.1, 0.15) is 0 Å². The average Bonchev–Trinajstić information content (AvgIpc) is 4.03. The van der Waals surface area contributed by atoms with E-state index in [1.165, 1.54) is 100 Å². The molecule has 3 aliphatic carbocycles. The van der Waals surface area contributed by atoms with Gasteiger partial charge in [-0.05, 0) is 170 Å². The maximum Gasteiger partial charge on any atom is 0.0273 e. The third kappa shape index (κ3) is 5.73. The molecule has 3 aliphatic rings. The van der Waals surface area contributed by atoms with Crippen LogP contribution in [0.3, 0.4) is 0 Å². The maximum absolute atomic E-state index is 4.52. The molecule has 0 aliphatic heterocycles. The van der Waals surface area contributed by atoms with Crippen molar-refractivity contribution in [2.75, 3.05) is 0 Å². The van der Waals surface area contributed by atoms with Crippen molar-refractivity contribution in [1.82, 2.24) is 15.0 Å². The van der Waals surface area contributed by atoms with Gasteiger partial charge in [0.25, 0.3) is 0 Å². The molecule has 7 aromatic carbocycles. The van der Waals surface area contributed by atoms with Crippen LogP contribution in [0.2, 0.25) is 0 Å². The second kappa shape index (κ2) is 15.5. The van der Waals surface area contributed by atoms with Crippen LogP contribution in [-0.2, 0) is 0 Å². The molecule has 10 aromatic rings. The monoisotopic (exact) mass is 837 g/mol. The van der Waals surface area contributed by atoms with Gasteiger partial charge >= 0.3 is 0 Å². The van der Waals surface area contributed by atoms with Gasteiger partial charge in [-0.3, -0.25) is 15.0 Å². The molecular weight excluding hydrogens is 799 g/mol. The first kappa shape index (κ1) is 37.7. The molecule has 0 saturated heterocycles. The van der Waals surface area contributed by atoms with Crippen molar-refractivity contribution >= 4 is 33.4 Å². The van der Waals surface area contributed by atoms with Crippen molar-refractivity contribution in [3.63, 3.8) is 0 Å². The molecule has 0 atom stereocenters. The van der Waals surface area contributed by atoms with Crippen molar-refractivity contribution < 1.29 is 0 Å². The Bertz CT molecular complexity index is 3100. The molecule has 0 N–H and O–H groups in total. The fourth-order valence-corrected chi connectivity index (χ4v) is 11.0. The molecule has 3 heteroatoms. The van der Waals surface area contributed by atoms with Crippen molar-refractivity contribution in [1.29, 1.82) is 0 Å². The van der Waals surface area contributed by atoms with Gasteiger partial charge in [0.2, 0.25) is 0 Å². The van der Waals surface area contributed by atoms with Gasteiger partial charge < -0.3 is 0 Å². The first-order valence-electron chi connectivity index (χ1n) is 22.5. The lowest BCUT2D eigenvalue weighted by Crippen LogP contribution is -2.02. The van der Waals surface area contributed by atoms with E-state index < -0.39 is 0 Å². The third-order valence-corrected chi connectivity index (χ3v) is 13.5. The molecule has 0 amide bonds. The number of benzene rings is 7. The summed E-state index contributed by atoms with van der Waals surface area (Å²) < 4.78 is 0. The summed E-state index contributed by atoms with van der Waals surface area (Å²) in [4.78, 5) is 13.6.